The van der Waals surface area contributed by atoms with Crippen molar-refractivity contribution in [2.45, 2.75) is 32.3 Å². The maximum atomic E-state index is 13.4. The van der Waals surface area contributed by atoms with Gasteiger partial charge in [-0.05, 0) is 31.4 Å². The minimum atomic E-state index is -3.03. The quantitative estimate of drug-likeness (QED) is 0.644. The molecule has 2 aromatic heterocycles. The van der Waals surface area contributed by atoms with Crippen LogP contribution in [0, 0.1) is 11.3 Å². The zero-order chi connectivity index (χ0) is 25.9. The van der Waals surface area contributed by atoms with Crippen LogP contribution in [0.25, 0.3) is 0 Å². The molecule has 168 valence electrons. The highest BCUT2D eigenvalue weighted by Crippen LogP contribution is 2.31. The fourth-order valence-electron chi connectivity index (χ4n) is 2.99. The largest absolute Gasteiger partial charge is 0.487 e. The van der Waals surface area contributed by atoms with Crippen molar-refractivity contribution in [2.75, 3.05) is 30.4 Å². The lowest BCUT2D eigenvalue weighted by atomic mass is 10.0. The number of nitriles is 1. The molecule has 3 rings (SSSR count). The molecule has 9 nitrogen and oxygen atoms in total. The summed E-state index contributed by atoms with van der Waals surface area (Å²) in [4.78, 5) is 32.8. The minimum absolute atomic E-state index is 0.0152. The molecule has 0 saturated heterocycles. The third kappa shape index (κ3) is 4.97. The summed E-state index contributed by atoms with van der Waals surface area (Å²) in [7, 11) is 1.47. The van der Waals surface area contributed by atoms with Crippen LogP contribution in [-0.4, -0.2) is 48.6 Å². The van der Waals surface area contributed by atoms with Crippen LogP contribution in [-0.2, 0) is 11.2 Å². The first-order valence-corrected chi connectivity index (χ1v) is 9.39. The van der Waals surface area contributed by atoms with Crippen molar-refractivity contribution < 1.29 is 32.0 Å². The van der Waals surface area contributed by atoms with Crippen LogP contribution in [0.2, 0.25) is 0 Å². The van der Waals surface area contributed by atoms with Crippen LogP contribution in [0.5, 0.6) is 5.75 Å². The van der Waals surface area contributed by atoms with Crippen molar-refractivity contribution in [3.05, 3.63) is 40.7 Å². The van der Waals surface area contributed by atoms with Gasteiger partial charge in [0.05, 0.1) is 12.8 Å². The molecule has 0 bridgehead atoms. The molecule has 0 radical (unpaired) electrons. The molecule has 1 N–H and O–H groups in total. The van der Waals surface area contributed by atoms with Crippen molar-refractivity contribution in [3.8, 4) is 11.8 Å². The molecular formula is C21H21F2N5O4. The second-order valence-electron chi connectivity index (χ2n) is 6.73. The lowest BCUT2D eigenvalue weighted by Crippen LogP contribution is -2.40. The van der Waals surface area contributed by atoms with Crippen LogP contribution >= 0.6 is 0 Å². The highest BCUT2D eigenvalue weighted by Gasteiger charge is 2.28. The summed E-state index contributed by atoms with van der Waals surface area (Å²) in [6.07, 6.45) is -4.07. The van der Waals surface area contributed by atoms with Crippen LogP contribution in [0.1, 0.15) is 51.0 Å². The summed E-state index contributed by atoms with van der Waals surface area (Å²) >= 11 is 0. The van der Waals surface area contributed by atoms with Crippen LogP contribution in [0.4, 0.5) is 25.2 Å². The van der Waals surface area contributed by atoms with Crippen LogP contribution in [0.15, 0.2) is 18.3 Å². The van der Waals surface area contributed by atoms with Gasteiger partial charge in [-0.15, -0.1) is 0 Å². The van der Waals surface area contributed by atoms with Crippen LogP contribution in [0.3, 0.4) is 0 Å². The number of fused-ring (bicyclic) bond motifs is 1. The second kappa shape index (κ2) is 10.1. The summed E-state index contributed by atoms with van der Waals surface area (Å²) in [6.45, 7) is -0.688. The lowest BCUT2D eigenvalue weighted by Gasteiger charge is -2.29. The average molecular weight is 448 g/mol. The molecule has 3 heterocycles. The molecule has 2 atom stereocenters. The molecule has 2 aromatic rings. The Hall–Kier alpha value is -3.65. The first-order chi connectivity index (χ1) is 16.5. The van der Waals surface area contributed by atoms with Gasteiger partial charge in [0, 0.05) is 29.3 Å². The smallest absolute Gasteiger partial charge is 0.328 e. The van der Waals surface area contributed by atoms with E-state index < -0.39 is 42.7 Å². The zero-order valence-electron chi connectivity index (χ0n) is 20.1. The van der Waals surface area contributed by atoms with E-state index in [2.05, 4.69) is 15.3 Å². The topological polar surface area (TPSA) is 117 Å². The molecule has 0 saturated carbocycles. The van der Waals surface area contributed by atoms with Gasteiger partial charge in [-0.1, -0.05) is 0 Å². The molecule has 1 aliphatic rings. The molecule has 1 unspecified atom stereocenters. The number of aldehydes is 1. The number of nitrogens with one attached hydrogen (secondary N) is 1. The number of hydrogen-bond donors (Lipinski definition) is 1. The monoisotopic (exact) mass is 448 g/mol. The molecule has 0 aromatic carbocycles. The number of aryl methyl sites for hydroxylation is 1. The summed E-state index contributed by atoms with van der Waals surface area (Å²) in [5.41, 5.74) is -1.22. The van der Waals surface area contributed by atoms with Gasteiger partial charge < -0.3 is 9.47 Å². The minimum Gasteiger partial charge on any atom is -0.487 e. The van der Waals surface area contributed by atoms with Gasteiger partial charge in [0.25, 0.3) is 6.43 Å². The van der Waals surface area contributed by atoms with E-state index in [9.17, 15) is 23.6 Å². The Bertz CT molecular complexity index is 1180. The first-order valence-electron chi connectivity index (χ1n) is 11.0. The highest BCUT2D eigenvalue weighted by atomic mass is 19.3. The van der Waals surface area contributed by atoms with E-state index in [0.717, 1.165) is 12.3 Å². The zero-order valence-corrected chi connectivity index (χ0v) is 17.1. The molecule has 32 heavy (non-hydrogen) atoms. The van der Waals surface area contributed by atoms with Crippen molar-refractivity contribution in [3.63, 3.8) is 0 Å². The van der Waals surface area contributed by atoms with Crippen molar-refractivity contribution in [2.24, 2.45) is 0 Å². The number of amides is 2. The number of hydrogen-bond acceptors (Lipinski definition) is 7. The summed E-state index contributed by atoms with van der Waals surface area (Å²) in [5.74, 6) is -0.384. The van der Waals surface area contributed by atoms with Gasteiger partial charge in [-0.2, -0.15) is 5.26 Å². The maximum absolute atomic E-state index is 13.4. The van der Waals surface area contributed by atoms with Crippen molar-refractivity contribution in [1.82, 2.24) is 9.97 Å². The number of aromatic nitrogens is 2. The maximum Gasteiger partial charge on any atom is 0.328 e. The van der Waals surface area contributed by atoms with Gasteiger partial charge in [-0.25, -0.2) is 23.5 Å². The Kier molecular flexibility index (Phi) is 6.02. The van der Waals surface area contributed by atoms with E-state index in [4.69, 9.17) is 13.6 Å². The van der Waals surface area contributed by atoms with Gasteiger partial charge in [0.15, 0.2) is 6.29 Å². The van der Waals surface area contributed by atoms with E-state index in [1.807, 2.05) is 6.07 Å². The molecule has 1 aliphatic heterocycles. The number of alkyl halides is 2. The molecular weight excluding hydrogens is 424 g/mol. The Morgan fingerprint density at radius 3 is 2.94 bits per heavy atom. The number of nitrogens with zero attached hydrogens (tertiary/aromatic N) is 4. The van der Waals surface area contributed by atoms with E-state index in [1.54, 1.807) is 6.92 Å². The third-order valence-corrected chi connectivity index (χ3v) is 4.39. The summed E-state index contributed by atoms with van der Waals surface area (Å²) in [6, 6.07) is 3.00. The van der Waals surface area contributed by atoms with E-state index in [1.165, 1.54) is 13.2 Å². The van der Waals surface area contributed by atoms with E-state index in [-0.39, 0.29) is 47.8 Å². The van der Waals surface area contributed by atoms with Crippen molar-refractivity contribution in [1.29, 1.82) is 5.26 Å². The number of carbonyl (C=O) groups is 2. The van der Waals surface area contributed by atoms with Gasteiger partial charge in [0.1, 0.15) is 40.8 Å². The Morgan fingerprint density at radius 2 is 2.28 bits per heavy atom. The second-order valence-corrected chi connectivity index (χ2v) is 6.73. The SMILES string of the molecule is [2H][C@@H]1Cc2cc(C(F)F)c(C=O)nc2N(C(=O)Nc2cc(OC(C)COC)c(C#N)cn2)C1([2H])[2H]. The Balaban J connectivity index is 2.00. The number of anilines is 2. The Labute approximate surface area is 187 Å². The molecule has 2 amide bonds. The number of urea groups is 1. The van der Waals surface area contributed by atoms with Crippen molar-refractivity contribution >= 4 is 24.0 Å². The number of rotatable bonds is 7. The van der Waals surface area contributed by atoms with Gasteiger partial charge in [-0.3, -0.25) is 15.0 Å². The molecule has 11 heteroatoms. The predicted octanol–water partition coefficient (Wildman–Crippen LogP) is 3.50. The molecule has 0 fully saturated rings. The fourth-order valence-corrected chi connectivity index (χ4v) is 2.99. The first kappa shape index (κ1) is 19.1. The van der Waals surface area contributed by atoms with E-state index >= 15 is 0 Å². The summed E-state index contributed by atoms with van der Waals surface area (Å²) in [5, 5.41) is 11.7. The third-order valence-electron chi connectivity index (χ3n) is 4.39. The van der Waals surface area contributed by atoms with Gasteiger partial charge >= 0.3 is 6.03 Å². The molecule has 0 aliphatic carbocycles. The number of methoxy groups -OCH3 is 1. The highest BCUT2D eigenvalue weighted by molar-refractivity contribution is 6.01. The number of halogens is 2. The van der Waals surface area contributed by atoms with Gasteiger partial charge in [0.2, 0.25) is 0 Å². The fraction of sp³-hybridized carbons (Fsp3) is 0.381. The number of carbonyl (C=O) groups excluding carboxylic acids is 2. The average Bonchev–Trinajstić information content (AvgIpc) is 2.79. The Morgan fingerprint density at radius 1 is 1.50 bits per heavy atom. The number of pyridine rings is 2. The predicted molar refractivity (Wildman–Crippen MR) is 110 cm³/mol. The molecule has 0 spiro atoms. The van der Waals surface area contributed by atoms with E-state index in [0.29, 0.717) is 4.90 Å². The number of ether oxygens (including phenoxy) is 2. The lowest BCUT2D eigenvalue weighted by molar-refractivity contribution is 0.0919. The standard InChI is InChI=1S/C21H21F2N5O4/c1-12(11-31-2)32-17-7-18(25-9-14(17)8-24)27-21(30)28-5-3-4-13-6-15(19(22)23)16(10-29)26-20(13)28/h6-7,9-10,12,19H,3-5,11H2,1-2H3,(H,25,27,30)/i3D,5D2/t3-,12?/m1/s1. The summed E-state index contributed by atoms with van der Waals surface area (Å²) < 4.78 is 62.1. The normalized spacial score (nSPS) is 19.1. The van der Waals surface area contributed by atoms with Crippen LogP contribution < -0.4 is 15.0 Å².